The zero-order valence-corrected chi connectivity index (χ0v) is 13.5. The molecule has 0 aliphatic carbocycles. The van der Waals surface area contributed by atoms with E-state index in [4.69, 9.17) is 10.7 Å². The Hall–Kier alpha value is -0.610. The molecule has 108 valence electrons. The predicted molar refractivity (Wildman–Crippen MR) is 83.9 cm³/mol. The van der Waals surface area contributed by atoms with Crippen LogP contribution in [0.4, 0.5) is 5.13 Å². The van der Waals surface area contributed by atoms with Crippen LogP contribution in [0, 0.1) is 5.41 Å². The van der Waals surface area contributed by atoms with Crippen molar-refractivity contribution in [2.75, 3.05) is 18.0 Å². The Balaban J connectivity index is 2.20. The molecule has 0 amide bonds. The maximum absolute atomic E-state index is 5.86. The monoisotopic (exact) mass is 281 g/mol. The topological polar surface area (TPSA) is 42.2 Å². The molecule has 3 nitrogen and oxygen atoms in total. The molecule has 1 aromatic rings. The van der Waals surface area contributed by atoms with Gasteiger partial charge in [0, 0.05) is 24.5 Å². The quantitative estimate of drug-likeness (QED) is 0.894. The van der Waals surface area contributed by atoms with Crippen molar-refractivity contribution in [3.8, 4) is 0 Å². The molecule has 0 radical (unpaired) electrons. The first kappa shape index (κ1) is 14.8. The molecular weight excluding hydrogens is 254 g/mol. The minimum Gasteiger partial charge on any atom is -0.348 e. The molecule has 1 aromatic heterocycles. The van der Waals surface area contributed by atoms with Crippen LogP contribution >= 0.6 is 11.3 Å². The van der Waals surface area contributed by atoms with Crippen LogP contribution in [-0.2, 0) is 6.54 Å². The summed E-state index contributed by atoms with van der Waals surface area (Å²) in [5, 5.41) is 1.19. The van der Waals surface area contributed by atoms with E-state index in [0.717, 1.165) is 13.1 Å². The number of rotatable bonds is 5. The summed E-state index contributed by atoms with van der Waals surface area (Å²) in [6, 6.07) is 0. The molecule has 1 fully saturated rings. The zero-order chi connectivity index (χ0) is 14.0. The first-order valence-corrected chi connectivity index (χ1v) is 8.31. The second-order valence-corrected chi connectivity index (χ2v) is 7.10. The van der Waals surface area contributed by atoms with E-state index in [9.17, 15) is 0 Å². The minimum atomic E-state index is 0.466. The molecule has 4 heteroatoms. The van der Waals surface area contributed by atoms with Crippen molar-refractivity contribution < 1.29 is 0 Å². The third-order valence-corrected chi connectivity index (χ3v) is 5.81. The number of thiazole rings is 1. The van der Waals surface area contributed by atoms with Crippen LogP contribution in [-0.4, -0.2) is 18.1 Å². The number of hydrogen-bond acceptors (Lipinski definition) is 4. The van der Waals surface area contributed by atoms with Crippen LogP contribution in [0.25, 0.3) is 0 Å². The molecule has 2 N–H and O–H groups in total. The fourth-order valence-electron chi connectivity index (χ4n) is 3.01. The van der Waals surface area contributed by atoms with Gasteiger partial charge in [0.2, 0.25) is 0 Å². The lowest BCUT2D eigenvalue weighted by Gasteiger charge is -2.26. The molecule has 19 heavy (non-hydrogen) atoms. The summed E-state index contributed by atoms with van der Waals surface area (Å²) >= 11 is 1.80. The van der Waals surface area contributed by atoms with Crippen molar-refractivity contribution in [3.05, 3.63) is 10.6 Å². The lowest BCUT2D eigenvalue weighted by molar-refractivity contribution is 0.301. The number of anilines is 1. The third kappa shape index (κ3) is 2.79. The Labute approximate surface area is 121 Å². The normalized spacial score (nSPS) is 18.5. The molecule has 0 atom stereocenters. The van der Waals surface area contributed by atoms with E-state index in [2.05, 4.69) is 32.6 Å². The maximum atomic E-state index is 5.86. The third-order valence-electron chi connectivity index (χ3n) is 4.66. The molecule has 1 saturated heterocycles. The van der Waals surface area contributed by atoms with Crippen molar-refractivity contribution >= 4 is 16.5 Å². The fourth-order valence-corrected chi connectivity index (χ4v) is 4.13. The summed E-state index contributed by atoms with van der Waals surface area (Å²) in [5.74, 6) is 0.466. The van der Waals surface area contributed by atoms with Gasteiger partial charge < -0.3 is 10.6 Å². The van der Waals surface area contributed by atoms with Gasteiger partial charge in [-0.15, -0.1) is 11.3 Å². The molecule has 1 aliphatic heterocycles. The average Bonchev–Trinajstić information content (AvgIpc) is 3.03. The van der Waals surface area contributed by atoms with Gasteiger partial charge in [-0.1, -0.05) is 27.7 Å². The summed E-state index contributed by atoms with van der Waals surface area (Å²) in [7, 11) is 0. The van der Waals surface area contributed by atoms with Gasteiger partial charge in [0.25, 0.3) is 0 Å². The highest BCUT2D eigenvalue weighted by atomic mass is 32.1. The van der Waals surface area contributed by atoms with E-state index < -0.39 is 0 Å². The van der Waals surface area contributed by atoms with Crippen molar-refractivity contribution in [1.29, 1.82) is 0 Å². The largest absolute Gasteiger partial charge is 0.348 e. The summed E-state index contributed by atoms with van der Waals surface area (Å²) in [6.07, 6.45) is 3.84. The van der Waals surface area contributed by atoms with Crippen LogP contribution in [0.2, 0.25) is 0 Å². The van der Waals surface area contributed by atoms with E-state index in [0.29, 0.717) is 17.9 Å². The Morgan fingerprint density at radius 3 is 2.47 bits per heavy atom. The van der Waals surface area contributed by atoms with Crippen LogP contribution in [0.3, 0.4) is 0 Å². The highest BCUT2D eigenvalue weighted by molar-refractivity contribution is 7.15. The molecule has 0 aromatic carbocycles. The first-order chi connectivity index (χ1) is 9.05. The Morgan fingerprint density at radius 1 is 1.37 bits per heavy atom. The van der Waals surface area contributed by atoms with Gasteiger partial charge in [-0.2, -0.15) is 0 Å². The molecular formula is C15H27N3S. The number of aromatic nitrogens is 1. The van der Waals surface area contributed by atoms with Crippen LogP contribution in [0.15, 0.2) is 0 Å². The van der Waals surface area contributed by atoms with Gasteiger partial charge in [-0.25, -0.2) is 4.98 Å². The molecule has 2 rings (SSSR count). The number of nitrogens with two attached hydrogens (primary N) is 1. The smallest absolute Gasteiger partial charge is 0.185 e. The Bertz CT molecular complexity index is 421. The van der Waals surface area contributed by atoms with Crippen LogP contribution in [0.5, 0.6) is 0 Å². The Morgan fingerprint density at radius 2 is 2.05 bits per heavy atom. The lowest BCUT2D eigenvalue weighted by atomic mass is 9.82. The van der Waals surface area contributed by atoms with Crippen molar-refractivity contribution in [1.82, 2.24) is 4.98 Å². The van der Waals surface area contributed by atoms with Gasteiger partial charge in [0.05, 0.1) is 5.69 Å². The Kier molecular flexibility index (Phi) is 4.51. The van der Waals surface area contributed by atoms with Crippen LogP contribution < -0.4 is 10.6 Å². The molecule has 1 aliphatic rings. The number of nitrogens with zero attached hydrogens (tertiary/aromatic N) is 2. The van der Waals surface area contributed by atoms with Gasteiger partial charge in [0.15, 0.2) is 5.13 Å². The maximum Gasteiger partial charge on any atom is 0.185 e. The average molecular weight is 281 g/mol. The summed E-state index contributed by atoms with van der Waals surface area (Å²) < 4.78 is 0. The van der Waals surface area contributed by atoms with Crippen molar-refractivity contribution in [3.63, 3.8) is 0 Å². The number of hydrogen-bond donors (Lipinski definition) is 1. The standard InChI is InChI=1S/C15H27N3S/c1-5-15(6-2)7-8-18(10-15)14-17-13(11(3)4)12(9-16)19-14/h11H,5-10,16H2,1-4H3. The van der Waals surface area contributed by atoms with Crippen molar-refractivity contribution in [2.45, 2.75) is 59.4 Å². The van der Waals surface area contributed by atoms with E-state index in [1.54, 1.807) is 11.3 Å². The highest BCUT2D eigenvalue weighted by Crippen LogP contribution is 2.41. The van der Waals surface area contributed by atoms with Crippen molar-refractivity contribution in [2.24, 2.45) is 11.1 Å². The summed E-state index contributed by atoms with van der Waals surface area (Å²) in [6.45, 7) is 12.0. The predicted octanol–water partition coefficient (Wildman–Crippen LogP) is 3.74. The molecule has 0 unspecified atom stereocenters. The van der Waals surface area contributed by atoms with Gasteiger partial charge in [0.1, 0.15) is 0 Å². The highest BCUT2D eigenvalue weighted by Gasteiger charge is 2.36. The van der Waals surface area contributed by atoms with Gasteiger partial charge in [-0.05, 0) is 30.6 Å². The van der Waals surface area contributed by atoms with E-state index in [1.165, 1.54) is 35.0 Å². The molecule has 0 spiro atoms. The van der Waals surface area contributed by atoms with Gasteiger partial charge in [-0.3, -0.25) is 0 Å². The van der Waals surface area contributed by atoms with E-state index in [-0.39, 0.29) is 0 Å². The molecule has 2 heterocycles. The van der Waals surface area contributed by atoms with E-state index >= 15 is 0 Å². The molecule has 0 bridgehead atoms. The first-order valence-electron chi connectivity index (χ1n) is 7.50. The van der Waals surface area contributed by atoms with Gasteiger partial charge >= 0.3 is 0 Å². The van der Waals surface area contributed by atoms with E-state index in [1.807, 2.05) is 0 Å². The SMILES string of the molecule is CCC1(CC)CCN(c2nc(C(C)C)c(CN)s2)C1. The zero-order valence-electron chi connectivity index (χ0n) is 12.7. The summed E-state index contributed by atoms with van der Waals surface area (Å²) in [5.41, 5.74) is 7.57. The minimum absolute atomic E-state index is 0.466. The second-order valence-electron chi connectivity index (χ2n) is 6.04. The fraction of sp³-hybridized carbons (Fsp3) is 0.800. The summed E-state index contributed by atoms with van der Waals surface area (Å²) in [4.78, 5) is 8.60. The lowest BCUT2D eigenvalue weighted by Crippen LogP contribution is -2.26. The van der Waals surface area contributed by atoms with Crippen LogP contribution in [0.1, 0.15) is 63.4 Å². The molecule has 0 saturated carbocycles. The second kappa shape index (κ2) is 5.80.